The van der Waals surface area contributed by atoms with Crippen LogP contribution in [0.3, 0.4) is 0 Å². The molecular formula is C17H23FN2O. The Bertz CT molecular complexity index is 562. The highest BCUT2D eigenvalue weighted by molar-refractivity contribution is 6.01. The number of ketones is 1. The van der Waals surface area contributed by atoms with E-state index in [4.69, 9.17) is 0 Å². The molecule has 1 aromatic rings. The highest BCUT2D eigenvalue weighted by Gasteiger charge is 2.42. The van der Waals surface area contributed by atoms with E-state index in [2.05, 4.69) is 24.5 Å². The first-order valence-electron chi connectivity index (χ1n) is 7.84. The van der Waals surface area contributed by atoms with Gasteiger partial charge in [0.25, 0.3) is 0 Å². The molecule has 3 nitrogen and oxygen atoms in total. The van der Waals surface area contributed by atoms with Crippen LogP contribution in [0.5, 0.6) is 0 Å². The van der Waals surface area contributed by atoms with Crippen LogP contribution >= 0.6 is 0 Å². The molecule has 2 aliphatic heterocycles. The van der Waals surface area contributed by atoms with E-state index in [1.807, 2.05) is 6.07 Å². The number of rotatable bonds is 4. The molecule has 1 fully saturated rings. The van der Waals surface area contributed by atoms with Crippen LogP contribution < -0.4 is 10.6 Å². The largest absolute Gasteiger partial charge is 0.382 e. The fraction of sp³-hybridized carbons (Fsp3) is 0.588. The second kappa shape index (κ2) is 5.41. The van der Waals surface area contributed by atoms with Crippen molar-refractivity contribution in [1.82, 2.24) is 5.32 Å². The maximum absolute atomic E-state index is 14.2. The van der Waals surface area contributed by atoms with E-state index >= 15 is 0 Å². The molecule has 1 aromatic carbocycles. The first kappa shape index (κ1) is 14.5. The fourth-order valence-corrected chi connectivity index (χ4v) is 3.80. The van der Waals surface area contributed by atoms with E-state index in [-0.39, 0.29) is 17.0 Å². The van der Waals surface area contributed by atoms with Crippen molar-refractivity contribution in [2.24, 2.45) is 11.3 Å². The molecule has 0 bridgehead atoms. The molecule has 4 heteroatoms. The van der Waals surface area contributed by atoms with Crippen LogP contribution in [-0.2, 0) is 6.42 Å². The maximum Gasteiger partial charge on any atom is 0.170 e. The van der Waals surface area contributed by atoms with Crippen LogP contribution in [0.25, 0.3) is 0 Å². The van der Waals surface area contributed by atoms with Crippen molar-refractivity contribution in [1.29, 1.82) is 0 Å². The van der Waals surface area contributed by atoms with Gasteiger partial charge >= 0.3 is 0 Å². The van der Waals surface area contributed by atoms with Crippen LogP contribution in [0.15, 0.2) is 12.1 Å². The number of nitrogens with one attached hydrogen (secondary N) is 2. The lowest BCUT2D eigenvalue weighted by Crippen LogP contribution is -2.35. The Balaban J connectivity index is 1.95. The van der Waals surface area contributed by atoms with Gasteiger partial charge in [0.1, 0.15) is 5.82 Å². The predicted molar refractivity (Wildman–Crippen MR) is 82.3 cm³/mol. The molecule has 0 saturated carbocycles. The monoisotopic (exact) mass is 290 g/mol. The van der Waals surface area contributed by atoms with Crippen molar-refractivity contribution in [2.75, 3.05) is 25.0 Å². The maximum atomic E-state index is 14.2. The smallest absolute Gasteiger partial charge is 0.170 e. The van der Waals surface area contributed by atoms with Gasteiger partial charge in [0.15, 0.2) is 5.78 Å². The Labute approximate surface area is 125 Å². The minimum Gasteiger partial charge on any atom is -0.382 e. The number of carbonyl (C=O) groups excluding carboxylic acids is 1. The summed E-state index contributed by atoms with van der Waals surface area (Å²) in [4.78, 5) is 13.0. The van der Waals surface area contributed by atoms with E-state index in [0.29, 0.717) is 23.7 Å². The fourth-order valence-electron chi connectivity index (χ4n) is 3.80. The standard InChI is InChI=1S/C17H23FN2O/c1-11(2)9-17(4-6-19-10-17)16(21)13-7-12-3-5-20-15(12)14(18)8-13/h7-8,11,19-20H,3-6,9-10H2,1-2H3/t17-/m1/s1. The van der Waals surface area contributed by atoms with Crippen molar-refractivity contribution in [2.45, 2.75) is 33.1 Å². The second-order valence-corrected chi connectivity index (χ2v) is 6.80. The number of halogens is 1. The molecule has 114 valence electrons. The molecule has 0 radical (unpaired) electrons. The van der Waals surface area contributed by atoms with Crippen molar-refractivity contribution >= 4 is 11.5 Å². The van der Waals surface area contributed by atoms with Gasteiger partial charge in [-0.25, -0.2) is 4.39 Å². The molecule has 1 atom stereocenters. The van der Waals surface area contributed by atoms with Gasteiger partial charge in [-0.05, 0) is 49.4 Å². The van der Waals surface area contributed by atoms with Crippen LogP contribution in [0, 0.1) is 17.2 Å². The van der Waals surface area contributed by atoms with E-state index in [1.54, 1.807) is 0 Å². The Morgan fingerprint density at radius 1 is 1.38 bits per heavy atom. The minimum atomic E-state index is -0.360. The SMILES string of the molecule is CC(C)C[C@]1(C(=O)c2cc(F)c3c(c2)CCN3)CCNC1. The van der Waals surface area contributed by atoms with Crippen molar-refractivity contribution in [3.63, 3.8) is 0 Å². The van der Waals surface area contributed by atoms with Crippen LogP contribution in [-0.4, -0.2) is 25.4 Å². The molecule has 2 N–H and O–H groups in total. The second-order valence-electron chi connectivity index (χ2n) is 6.80. The molecule has 0 amide bonds. The summed E-state index contributed by atoms with van der Waals surface area (Å²) in [6.07, 6.45) is 2.50. The lowest BCUT2D eigenvalue weighted by Gasteiger charge is -2.29. The zero-order valence-electron chi connectivity index (χ0n) is 12.8. The number of anilines is 1. The average molecular weight is 290 g/mol. The lowest BCUT2D eigenvalue weighted by atomic mass is 9.73. The number of hydrogen-bond donors (Lipinski definition) is 2. The summed E-state index contributed by atoms with van der Waals surface area (Å²) in [5, 5.41) is 6.36. The highest BCUT2D eigenvalue weighted by Crippen LogP contribution is 2.38. The third kappa shape index (κ3) is 2.57. The van der Waals surface area contributed by atoms with E-state index in [1.165, 1.54) is 6.07 Å². The molecule has 2 heterocycles. The molecule has 21 heavy (non-hydrogen) atoms. The van der Waals surface area contributed by atoms with Crippen LogP contribution in [0.1, 0.15) is 42.6 Å². The predicted octanol–water partition coefficient (Wildman–Crippen LogP) is 3.00. The van der Waals surface area contributed by atoms with Gasteiger partial charge < -0.3 is 10.6 Å². The summed E-state index contributed by atoms with van der Waals surface area (Å²) in [6.45, 7) is 6.61. The van der Waals surface area contributed by atoms with Gasteiger partial charge in [-0.1, -0.05) is 13.8 Å². The zero-order valence-corrected chi connectivity index (χ0v) is 12.8. The third-order valence-electron chi connectivity index (χ3n) is 4.65. The Morgan fingerprint density at radius 2 is 2.19 bits per heavy atom. The Hall–Kier alpha value is -1.42. The van der Waals surface area contributed by atoms with Gasteiger partial charge in [-0.3, -0.25) is 4.79 Å². The van der Waals surface area contributed by atoms with E-state index in [9.17, 15) is 9.18 Å². The highest BCUT2D eigenvalue weighted by atomic mass is 19.1. The van der Waals surface area contributed by atoms with Gasteiger partial charge in [0.05, 0.1) is 5.69 Å². The normalized spacial score (nSPS) is 24.2. The Morgan fingerprint density at radius 3 is 2.86 bits per heavy atom. The summed E-state index contributed by atoms with van der Waals surface area (Å²) in [6, 6.07) is 3.31. The molecular weight excluding hydrogens is 267 g/mol. The zero-order chi connectivity index (χ0) is 15.0. The van der Waals surface area contributed by atoms with Crippen LogP contribution in [0.4, 0.5) is 10.1 Å². The number of benzene rings is 1. The summed E-state index contributed by atoms with van der Waals surface area (Å²) in [5.74, 6) is 0.267. The van der Waals surface area contributed by atoms with Gasteiger partial charge in [0.2, 0.25) is 0 Å². The molecule has 3 rings (SSSR count). The molecule has 2 aliphatic rings. The summed E-state index contributed by atoms with van der Waals surface area (Å²) < 4.78 is 14.2. The van der Waals surface area contributed by atoms with Gasteiger partial charge in [-0.2, -0.15) is 0 Å². The summed E-state index contributed by atoms with van der Waals surface area (Å²) in [7, 11) is 0. The lowest BCUT2D eigenvalue weighted by molar-refractivity contribution is 0.0781. The number of hydrogen-bond acceptors (Lipinski definition) is 3. The van der Waals surface area contributed by atoms with Crippen molar-refractivity contribution in [3.05, 3.63) is 29.1 Å². The summed E-state index contributed by atoms with van der Waals surface area (Å²) in [5.41, 5.74) is 1.69. The van der Waals surface area contributed by atoms with Crippen LogP contribution in [0.2, 0.25) is 0 Å². The van der Waals surface area contributed by atoms with E-state index in [0.717, 1.165) is 37.9 Å². The first-order valence-corrected chi connectivity index (χ1v) is 7.84. The van der Waals surface area contributed by atoms with Crippen molar-refractivity contribution in [3.8, 4) is 0 Å². The molecule has 1 saturated heterocycles. The third-order valence-corrected chi connectivity index (χ3v) is 4.65. The topological polar surface area (TPSA) is 41.1 Å². The quantitative estimate of drug-likeness (QED) is 0.838. The summed E-state index contributed by atoms with van der Waals surface area (Å²) >= 11 is 0. The minimum absolute atomic E-state index is 0.106. The number of fused-ring (bicyclic) bond motifs is 1. The first-order chi connectivity index (χ1) is 10.0. The number of Topliss-reactive ketones (excluding diaryl/α,β-unsaturated/α-hetero) is 1. The average Bonchev–Trinajstić information content (AvgIpc) is 3.06. The molecule has 0 aliphatic carbocycles. The van der Waals surface area contributed by atoms with Gasteiger partial charge in [0, 0.05) is 24.1 Å². The van der Waals surface area contributed by atoms with E-state index < -0.39 is 0 Å². The molecule has 0 aromatic heterocycles. The molecule has 0 unspecified atom stereocenters. The van der Waals surface area contributed by atoms with Gasteiger partial charge in [-0.15, -0.1) is 0 Å². The molecule has 0 spiro atoms. The Kier molecular flexibility index (Phi) is 3.74. The number of carbonyl (C=O) groups is 1. The van der Waals surface area contributed by atoms with Crippen molar-refractivity contribution < 1.29 is 9.18 Å².